The molecule has 0 unspecified atom stereocenters. The minimum absolute atomic E-state index is 0.0957. The average molecular weight is 367 g/mol. The van der Waals surface area contributed by atoms with Crippen LogP contribution in [0.4, 0.5) is 17.1 Å². The van der Waals surface area contributed by atoms with Crippen LogP contribution >= 0.6 is 0 Å². The van der Waals surface area contributed by atoms with E-state index >= 15 is 0 Å². The first-order valence-corrected chi connectivity index (χ1v) is 8.71. The number of nitrogens with one attached hydrogen (secondary N) is 2. The maximum absolute atomic E-state index is 12.5. The number of nitrogens with zero attached hydrogens (tertiary/aromatic N) is 1. The second-order valence-corrected chi connectivity index (χ2v) is 6.66. The molecule has 2 aromatic carbocycles. The fourth-order valence-electron chi connectivity index (χ4n) is 3.01. The molecule has 0 aliphatic heterocycles. The molecular formula is C21H25N3O3. The summed E-state index contributed by atoms with van der Waals surface area (Å²) >= 11 is 0. The quantitative estimate of drug-likeness (QED) is 0.848. The van der Waals surface area contributed by atoms with Crippen LogP contribution in [-0.4, -0.2) is 24.3 Å². The summed E-state index contributed by atoms with van der Waals surface area (Å²) in [7, 11) is 0. The molecule has 0 atom stereocenters. The zero-order valence-corrected chi connectivity index (χ0v) is 16.3. The van der Waals surface area contributed by atoms with Gasteiger partial charge in [0.15, 0.2) is 0 Å². The van der Waals surface area contributed by atoms with Gasteiger partial charge in [-0.1, -0.05) is 17.7 Å². The third kappa shape index (κ3) is 5.41. The molecule has 0 spiro atoms. The molecule has 0 fully saturated rings. The molecule has 0 aliphatic carbocycles. The van der Waals surface area contributed by atoms with Gasteiger partial charge in [0.2, 0.25) is 17.7 Å². The highest BCUT2D eigenvalue weighted by Crippen LogP contribution is 2.23. The number of benzene rings is 2. The number of hydrogen-bond donors (Lipinski definition) is 2. The van der Waals surface area contributed by atoms with Crippen LogP contribution in [0, 0.1) is 20.8 Å². The number of carbonyl (C=O) groups excluding carboxylic acids is 3. The number of aryl methyl sites for hydroxylation is 3. The number of anilines is 3. The van der Waals surface area contributed by atoms with Crippen molar-refractivity contribution in [1.29, 1.82) is 0 Å². The molecule has 0 saturated heterocycles. The van der Waals surface area contributed by atoms with Crippen molar-refractivity contribution in [3.05, 3.63) is 53.1 Å². The zero-order valence-electron chi connectivity index (χ0n) is 16.3. The molecule has 0 aromatic heterocycles. The fraction of sp³-hybridized carbons (Fsp3) is 0.286. The van der Waals surface area contributed by atoms with Crippen LogP contribution in [-0.2, 0) is 14.4 Å². The van der Waals surface area contributed by atoms with Crippen LogP contribution in [0.15, 0.2) is 36.4 Å². The Balaban J connectivity index is 2.15. The summed E-state index contributed by atoms with van der Waals surface area (Å²) in [6, 6.07) is 10.8. The number of rotatable bonds is 5. The Hall–Kier alpha value is -3.15. The van der Waals surface area contributed by atoms with Crippen LogP contribution < -0.4 is 15.5 Å². The highest BCUT2D eigenvalue weighted by molar-refractivity contribution is 6.02. The van der Waals surface area contributed by atoms with E-state index in [4.69, 9.17) is 0 Å². The lowest BCUT2D eigenvalue weighted by Crippen LogP contribution is -2.36. The van der Waals surface area contributed by atoms with Crippen molar-refractivity contribution in [1.82, 2.24) is 0 Å². The zero-order chi connectivity index (χ0) is 20.1. The minimum atomic E-state index is -0.272. The van der Waals surface area contributed by atoms with E-state index in [1.54, 1.807) is 24.3 Å². The van der Waals surface area contributed by atoms with E-state index in [2.05, 4.69) is 10.6 Å². The molecule has 6 nitrogen and oxygen atoms in total. The molecule has 2 N–H and O–H groups in total. The molecule has 0 bridgehead atoms. The van der Waals surface area contributed by atoms with Gasteiger partial charge in [0.05, 0.1) is 0 Å². The van der Waals surface area contributed by atoms with Crippen LogP contribution in [0.25, 0.3) is 0 Å². The predicted octanol–water partition coefficient (Wildman–Crippen LogP) is 3.56. The summed E-state index contributed by atoms with van der Waals surface area (Å²) in [5.41, 5.74) is 5.08. The fourth-order valence-corrected chi connectivity index (χ4v) is 3.01. The van der Waals surface area contributed by atoms with Gasteiger partial charge in [0.25, 0.3) is 0 Å². The van der Waals surface area contributed by atoms with E-state index in [1.807, 2.05) is 32.9 Å². The molecule has 2 rings (SSSR count). The van der Waals surface area contributed by atoms with Crippen molar-refractivity contribution >= 4 is 34.8 Å². The third-order valence-corrected chi connectivity index (χ3v) is 4.12. The first-order chi connectivity index (χ1) is 12.7. The third-order valence-electron chi connectivity index (χ3n) is 4.12. The van der Waals surface area contributed by atoms with Crippen LogP contribution in [0.2, 0.25) is 0 Å². The van der Waals surface area contributed by atoms with Gasteiger partial charge in [-0.2, -0.15) is 0 Å². The molecular weight excluding hydrogens is 342 g/mol. The van der Waals surface area contributed by atoms with Gasteiger partial charge in [0, 0.05) is 30.9 Å². The highest BCUT2D eigenvalue weighted by Gasteiger charge is 2.17. The summed E-state index contributed by atoms with van der Waals surface area (Å²) in [6.07, 6.45) is 0. The Bertz CT molecular complexity index is 850. The van der Waals surface area contributed by atoms with Gasteiger partial charge in [-0.15, -0.1) is 0 Å². The van der Waals surface area contributed by atoms with Crippen molar-refractivity contribution in [2.45, 2.75) is 34.6 Å². The van der Waals surface area contributed by atoms with Crippen LogP contribution in [0.5, 0.6) is 0 Å². The minimum Gasteiger partial charge on any atom is -0.326 e. The average Bonchev–Trinajstić information content (AvgIpc) is 2.56. The van der Waals surface area contributed by atoms with Crippen molar-refractivity contribution in [2.24, 2.45) is 0 Å². The van der Waals surface area contributed by atoms with Gasteiger partial charge in [-0.3, -0.25) is 14.4 Å². The van der Waals surface area contributed by atoms with E-state index in [0.717, 1.165) is 22.4 Å². The first kappa shape index (κ1) is 20.2. The molecule has 6 heteroatoms. The van der Waals surface area contributed by atoms with E-state index in [0.29, 0.717) is 11.4 Å². The number of hydrogen-bond acceptors (Lipinski definition) is 3. The maximum Gasteiger partial charge on any atom is 0.244 e. The Morgan fingerprint density at radius 2 is 1.44 bits per heavy atom. The molecule has 0 aliphatic rings. The van der Waals surface area contributed by atoms with Gasteiger partial charge in [-0.05, 0) is 56.2 Å². The smallest absolute Gasteiger partial charge is 0.244 e. The van der Waals surface area contributed by atoms with Crippen LogP contribution in [0.1, 0.15) is 30.5 Å². The molecule has 3 amide bonds. The Kier molecular flexibility index (Phi) is 6.34. The topological polar surface area (TPSA) is 78.5 Å². The lowest BCUT2D eigenvalue weighted by molar-refractivity contribution is -0.120. The van der Waals surface area contributed by atoms with E-state index in [-0.39, 0.29) is 24.3 Å². The van der Waals surface area contributed by atoms with E-state index in [1.165, 1.54) is 18.7 Å². The summed E-state index contributed by atoms with van der Waals surface area (Å²) in [4.78, 5) is 37.1. The molecule has 0 radical (unpaired) electrons. The van der Waals surface area contributed by atoms with Crippen molar-refractivity contribution in [2.75, 3.05) is 22.1 Å². The van der Waals surface area contributed by atoms with Crippen molar-refractivity contribution in [3.63, 3.8) is 0 Å². The van der Waals surface area contributed by atoms with Gasteiger partial charge < -0.3 is 15.5 Å². The second kappa shape index (κ2) is 8.49. The van der Waals surface area contributed by atoms with Gasteiger partial charge >= 0.3 is 0 Å². The first-order valence-electron chi connectivity index (χ1n) is 8.71. The summed E-state index contributed by atoms with van der Waals surface area (Å²) in [5.74, 6) is -0.685. The van der Waals surface area contributed by atoms with E-state index < -0.39 is 0 Å². The van der Waals surface area contributed by atoms with Gasteiger partial charge in [-0.25, -0.2) is 0 Å². The highest BCUT2D eigenvalue weighted by atomic mass is 16.2. The van der Waals surface area contributed by atoms with E-state index in [9.17, 15) is 14.4 Å². The summed E-state index contributed by atoms with van der Waals surface area (Å²) in [6.45, 7) is 8.64. The lowest BCUT2D eigenvalue weighted by atomic mass is 10.1. The monoisotopic (exact) mass is 367 g/mol. The number of amides is 3. The summed E-state index contributed by atoms with van der Waals surface area (Å²) < 4.78 is 0. The maximum atomic E-state index is 12.5. The number of carbonyl (C=O) groups is 3. The lowest BCUT2D eigenvalue weighted by Gasteiger charge is -2.22. The second-order valence-electron chi connectivity index (χ2n) is 6.66. The van der Waals surface area contributed by atoms with Crippen LogP contribution in [0.3, 0.4) is 0 Å². The van der Waals surface area contributed by atoms with Crippen molar-refractivity contribution < 1.29 is 14.4 Å². The Morgan fingerprint density at radius 3 is 1.93 bits per heavy atom. The molecule has 2 aromatic rings. The predicted molar refractivity (Wildman–Crippen MR) is 108 cm³/mol. The normalized spacial score (nSPS) is 10.3. The largest absolute Gasteiger partial charge is 0.326 e. The standard InChI is InChI=1S/C21H25N3O3/c1-13-10-14(2)21(15(3)11-13)23-20(27)12-24(17(5)26)19-8-6-18(7-9-19)22-16(4)25/h6-11H,12H2,1-5H3,(H,22,25)(H,23,27). The van der Waals surface area contributed by atoms with Crippen molar-refractivity contribution in [3.8, 4) is 0 Å². The Morgan fingerprint density at radius 1 is 0.889 bits per heavy atom. The SMILES string of the molecule is CC(=O)Nc1ccc(N(CC(=O)Nc2c(C)cc(C)cc2C)C(C)=O)cc1. The molecule has 27 heavy (non-hydrogen) atoms. The van der Waals surface area contributed by atoms with Gasteiger partial charge in [0.1, 0.15) is 6.54 Å². The molecule has 0 saturated carbocycles. The Labute approximate surface area is 159 Å². The molecule has 0 heterocycles. The summed E-state index contributed by atoms with van der Waals surface area (Å²) in [5, 5.41) is 5.58. The molecule has 142 valence electrons.